The highest BCUT2D eigenvalue weighted by molar-refractivity contribution is 7.15. The van der Waals surface area contributed by atoms with Crippen LogP contribution >= 0.6 is 11.3 Å². The zero-order valence-corrected chi connectivity index (χ0v) is 17.7. The van der Waals surface area contributed by atoms with Crippen LogP contribution in [-0.4, -0.2) is 22.8 Å². The molecule has 1 spiro atoms. The van der Waals surface area contributed by atoms with E-state index in [0.717, 1.165) is 41.8 Å². The zero-order chi connectivity index (χ0) is 19.9. The molecule has 3 heterocycles. The van der Waals surface area contributed by atoms with Gasteiger partial charge in [-0.3, -0.25) is 9.78 Å². The molecule has 144 valence electrons. The summed E-state index contributed by atoms with van der Waals surface area (Å²) in [5.74, 6) is 7.15. The number of amides is 1. The number of aromatic nitrogens is 1. The molecule has 4 nitrogen and oxygen atoms in total. The first-order chi connectivity index (χ1) is 13.4. The van der Waals surface area contributed by atoms with E-state index in [0.29, 0.717) is 6.42 Å². The average Bonchev–Trinajstić information content (AvgIpc) is 3.11. The zero-order valence-electron chi connectivity index (χ0n) is 16.8. The average molecular weight is 392 g/mol. The minimum atomic E-state index is -0.299. The maximum absolute atomic E-state index is 12.8. The molecular formula is C23H25N3OS. The van der Waals surface area contributed by atoms with Gasteiger partial charge in [0.15, 0.2) is 0 Å². The number of carbonyl (C=O) groups excluding carboxylic acids is 1. The molecule has 0 radical (unpaired) electrons. The molecule has 1 aliphatic carbocycles. The Morgan fingerprint density at radius 1 is 1.32 bits per heavy atom. The highest BCUT2D eigenvalue weighted by Crippen LogP contribution is 2.47. The van der Waals surface area contributed by atoms with Crippen LogP contribution < -0.4 is 5.32 Å². The number of hydrogen-bond acceptors (Lipinski definition) is 4. The summed E-state index contributed by atoms with van der Waals surface area (Å²) in [7, 11) is 1.86. The second kappa shape index (κ2) is 7.10. The van der Waals surface area contributed by atoms with Crippen molar-refractivity contribution < 1.29 is 4.79 Å². The van der Waals surface area contributed by atoms with E-state index < -0.39 is 0 Å². The van der Waals surface area contributed by atoms with Gasteiger partial charge in [0.25, 0.3) is 0 Å². The molecule has 1 N–H and O–H groups in total. The number of allylic oxidation sites excluding steroid dienone is 1. The van der Waals surface area contributed by atoms with Crippen molar-refractivity contribution in [2.24, 2.45) is 0 Å². The van der Waals surface area contributed by atoms with Crippen LogP contribution in [0.4, 0.5) is 0 Å². The lowest BCUT2D eigenvalue weighted by molar-refractivity contribution is -0.133. The molecule has 28 heavy (non-hydrogen) atoms. The molecule has 2 aromatic rings. The molecular weight excluding hydrogens is 366 g/mol. The van der Waals surface area contributed by atoms with Crippen molar-refractivity contribution in [1.82, 2.24) is 15.2 Å². The van der Waals surface area contributed by atoms with Crippen LogP contribution in [0.2, 0.25) is 0 Å². The summed E-state index contributed by atoms with van der Waals surface area (Å²) >= 11 is 1.83. The molecule has 1 aliphatic heterocycles. The summed E-state index contributed by atoms with van der Waals surface area (Å²) < 4.78 is 0. The summed E-state index contributed by atoms with van der Waals surface area (Å²) in [4.78, 5) is 21.5. The van der Waals surface area contributed by atoms with E-state index in [1.807, 2.05) is 31.5 Å². The molecule has 0 saturated carbocycles. The van der Waals surface area contributed by atoms with Crippen LogP contribution in [0.25, 0.3) is 10.4 Å². The Bertz CT molecular complexity index is 1040. The van der Waals surface area contributed by atoms with Crippen molar-refractivity contribution in [3.63, 3.8) is 0 Å². The number of carbonyl (C=O) groups is 1. The topological polar surface area (TPSA) is 45.2 Å². The molecule has 2 aliphatic rings. The Morgan fingerprint density at radius 3 is 2.89 bits per heavy atom. The van der Waals surface area contributed by atoms with Crippen molar-refractivity contribution in [1.29, 1.82) is 0 Å². The number of fused-ring (bicyclic) bond motifs is 2. The Morgan fingerprint density at radius 2 is 2.14 bits per heavy atom. The molecule has 2 aromatic heterocycles. The summed E-state index contributed by atoms with van der Waals surface area (Å²) in [5.41, 5.74) is 4.14. The van der Waals surface area contributed by atoms with Gasteiger partial charge in [-0.1, -0.05) is 5.92 Å². The van der Waals surface area contributed by atoms with Gasteiger partial charge in [-0.15, -0.1) is 17.3 Å². The molecule has 4 rings (SSSR count). The monoisotopic (exact) mass is 391 g/mol. The van der Waals surface area contributed by atoms with E-state index in [4.69, 9.17) is 0 Å². The number of hydrogen-bond donors (Lipinski definition) is 1. The third kappa shape index (κ3) is 3.12. The van der Waals surface area contributed by atoms with Gasteiger partial charge in [-0.25, -0.2) is 0 Å². The van der Waals surface area contributed by atoms with Crippen molar-refractivity contribution in [2.45, 2.75) is 52.0 Å². The van der Waals surface area contributed by atoms with Crippen molar-refractivity contribution in [3.05, 3.63) is 51.9 Å². The van der Waals surface area contributed by atoms with Gasteiger partial charge < -0.3 is 10.2 Å². The second-order valence-corrected chi connectivity index (χ2v) is 8.96. The van der Waals surface area contributed by atoms with Gasteiger partial charge >= 0.3 is 0 Å². The first-order valence-electron chi connectivity index (χ1n) is 9.67. The maximum atomic E-state index is 12.8. The fraction of sp³-hybridized carbons (Fsp3) is 0.391. The van der Waals surface area contributed by atoms with Crippen LogP contribution in [0.1, 0.15) is 56.0 Å². The predicted octanol–water partition coefficient (Wildman–Crippen LogP) is 4.42. The van der Waals surface area contributed by atoms with Crippen LogP contribution in [0, 0.1) is 11.8 Å². The number of aryl methyl sites for hydroxylation is 1. The lowest BCUT2D eigenvalue weighted by atomic mass is 9.76. The van der Waals surface area contributed by atoms with E-state index in [1.165, 1.54) is 15.3 Å². The van der Waals surface area contributed by atoms with E-state index in [2.05, 4.69) is 48.1 Å². The molecule has 5 heteroatoms. The Balaban J connectivity index is 1.79. The third-order valence-corrected chi connectivity index (χ3v) is 6.86. The first-order valence-corrected chi connectivity index (χ1v) is 10.5. The smallest absolute Gasteiger partial charge is 0.230 e. The number of pyridine rings is 1. The van der Waals surface area contributed by atoms with E-state index in [1.54, 1.807) is 11.1 Å². The summed E-state index contributed by atoms with van der Waals surface area (Å²) in [6, 6.07) is 4.37. The quantitative estimate of drug-likeness (QED) is 0.732. The van der Waals surface area contributed by atoms with Crippen LogP contribution in [-0.2, 0) is 16.8 Å². The first kappa shape index (κ1) is 18.8. The van der Waals surface area contributed by atoms with Crippen molar-refractivity contribution in [2.75, 3.05) is 7.05 Å². The van der Waals surface area contributed by atoms with Gasteiger partial charge in [-0.2, -0.15) is 0 Å². The standard InChI is InChI=1S/C23H25N3OS/c1-5-7-16-10-17(14-24-13-16)20-11-18-19(28-20)8-6-9-23(18)12-21(27)26(4)22(25-23)15(2)3/h10-11,13-14,25H,6,8-9,12H2,1-4H3. The number of rotatable bonds is 1. The second-order valence-electron chi connectivity index (χ2n) is 7.82. The molecule has 1 fully saturated rings. The van der Waals surface area contributed by atoms with Crippen LogP contribution in [0.15, 0.2) is 35.9 Å². The predicted molar refractivity (Wildman–Crippen MR) is 114 cm³/mol. The summed E-state index contributed by atoms with van der Waals surface area (Å²) in [5, 5.41) is 3.75. The Labute approximate surface area is 170 Å². The molecule has 1 amide bonds. The summed E-state index contributed by atoms with van der Waals surface area (Å²) in [6.45, 7) is 5.95. The molecule has 0 bridgehead atoms. The van der Waals surface area contributed by atoms with Gasteiger partial charge in [0, 0.05) is 40.3 Å². The molecule has 1 saturated heterocycles. The number of thiophene rings is 1. The highest BCUT2D eigenvalue weighted by Gasteiger charge is 2.45. The normalized spacial score (nSPS) is 21.1. The lowest BCUT2D eigenvalue weighted by Crippen LogP contribution is -2.55. The van der Waals surface area contributed by atoms with Gasteiger partial charge in [0.2, 0.25) is 5.91 Å². The fourth-order valence-electron chi connectivity index (χ4n) is 4.26. The minimum Gasteiger partial charge on any atom is -0.361 e. The lowest BCUT2D eigenvalue weighted by Gasteiger charge is -2.46. The number of nitrogens with zero attached hydrogens (tertiary/aromatic N) is 2. The summed E-state index contributed by atoms with van der Waals surface area (Å²) in [6.07, 6.45) is 7.34. The van der Waals surface area contributed by atoms with Gasteiger partial charge in [0.05, 0.1) is 12.0 Å². The van der Waals surface area contributed by atoms with Crippen LogP contribution in [0.3, 0.4) is 0 Å². The SMILES string of the molecule is CC#Cc1cncc(-c2cc3c(s2)CCCC32CC(=O)N(C)C(=C(C)C)N2)c1. The van der Waals surface area contributed by atoms with Crippen LogP contribution in [0.5, 0.6) is 0 Å². The van der Waals surface area contributed by atoms with E-state index >= 15 is 0 Å². The third-order valence-electron chi connectivity index (χ3n) is 5.62. The van der Waals surface area contributed by atoms with Crippen molar-refractivity contribution >= 4 is 17.2 Å². The maximum Gasteiger partial charge on any atom is 0.230 e. The Kier molecular flexibility index (Phi) is 4.76. The Hall–Kier alpha value is -2.58. The molecule has 1 atom stereocenters. The van der Waals surface area contributed by atoms with Gasteiger partial charge in [0.1, 0.15) is 5.82 Å². The molecule has 1 unspecified atom stereocenters. The van der Waals surface area contributed by atoms with Gasteiger partial charge in [-0.05, 0) is 63.3 Å². The van der Waals surface area contributed by atoms with E-state index in [9.17, 15) is 4.79 Å². The largest absolute Gasteiger partial charge is 0.361 e. The van der Waals surface area contributed by atoms with Crippen molar-refractivity contribution in [3.8, 4) is 22.3 Å². The highest BCUT2D eigenvalue weighted by atomic mass is 32.1. The molecule has 0 aromatic carbocycles. The number of nitrogens with one attached hydrogen (secondary N) is 1. The fourth-order valence-corrected chi connectivity index (χ4v) is 5.55. The minimum absolute atomic E-state index is 0.178. The van der Waals surface area contributed by atoms with E-state index in [-0.39, 0.29) is 11.4 Å².